The van der Waals surface area contributed by atoms with Gasteiger partial charge in [0, 0.05) is 25.3 Å². The molecule has 29 heavy (non-hydrogen) atoms. The van der Waals surface area contributed by atoms with Crippen molar-refractivity contribution < 1.29 is 19.1 Å². The number of ether oxygens (including phenoxy) is 2. The van der Waals surface area contributed by atoms with E-state index in [1.54, 1.807) is 19.1 Å². The summed E-state index contributed by atoms with van der Waals surface area (Å²) in [6.45, 7) is 1.17. The van der Waals surface area contributed by atoms with Crippen LogP contribution in [-0.4, -0.2) is 49.1 Å². The van der Waals surface area contributed by atoms with Crippen LogP contribution in [0, 0.1) is 0 Å². The third kappa shape index (κ3) is 5.90. The van der Waals surface area contributed by atoms with Crippen LogP contribution in [0.2, 0.25) is 0 Å². The van der Waals surface area contributed by atoms with E-state index in [4.69, 9.17) is 9.47 Å². The van der Waals surface area contributed by atoms with Crippen LogP contribution in [0.5, 0.6) is 11.5 Å². The molecule has 1 fully saturated rings. The normalized spacial score (nSPS) is 14.6. The third-order valence-corrected chi connectivity index (χ3v) is 5.80. The maximum atomic E-state index is 12.6. The van der Waals surface area contributed by atoms with Gasteiger partial charge in [-0.2, -0.15) is 0 Å². The lowest BCUT2D eigenvalue weighted by molar-refractivity contribution is -0.122. The molecule has 0 bridgehead atoms. The fourth-order valence-corrected chi connectivity index (χ4v) is 4.07. The minimum atomic E-state index is -0.176. The minimum Gasteiger partial charge on any atom is -0.497 e. The molecule has 1 heterocycles. The Kier molecular flexibility index (Phi) is 7.41. The number of hydrogen-bond acceptors (Lipinski definition) is 5. The zero-order chi connectivity index (χ0) is 20.6. The summed E-state index contributed by atoms with van der Waals surface area (Å²) in [5.74, 6) is 2.30. The highest BCUT2D eigenvalue weighted by Gasteiger charge is 2.22. The number of amides is 2. The van der Waals surface area contributed by atoms with Crippen molar-refractivity contribution in [2.45, 2.75) is 18.9 Å². The monoisotopic (exact) mass is 414 g/mol. The Morgan fingerprint density at radius 1 is 1.07 bits per heavy atom. The number of benzene rings is 2. The van der Waals surface area contributed by atoms with Crippen LogP contribution < -0.4 is 14.8 Å². The summed E-state index contributed by atoms with van der Waals surface area (Å²) in [7, 11) is 3.27. The van der Waals surface area contributed by atoms with Crippen LogP contribution in [0.4, 0.5) is 4.79 Å². The van der Waals surface area contributed by atoms with Crippen LogP contribution in [-0.2, 0) is 11.2 Å². The van der Waals surface area contributed by atoms with Gasteiger partial charge in [-0.15, -0.1) is 0 Å². The lowest BCUT2D eigenvalue weighted by atomic mass is 9.98. The molecule has 6 nitrogen and oxygen atoms in total. The molecule has 3 rings (SSSR count). The molecule has 0 saturated carbocycles. The first-order valence-corrected chi connectivity index (χ1v) is 10.6. The quantitative estimate of drug-likeness (QED) is 0.678. The van der Waals surface area contributed by atoms with Gasteiger partial charge in [0.1, 0.15) is 11.5 Å². The van der Waals surface area contributed by atoms with E-state index in [1.165, 1.54) is 11.8 Å². The van der Waals surface area contributed by atoms with Gasteiger partial charge in [0.15, 0.2) is 0 Å². The first kappa shape index (κ1) is 21.0. The van der Waals surface area contributed by atoms with Crippen LogP contribution in [0.1, 0.15) is 23.6 Å². The molecule has 1 atom stereocenters. The Morgan fingerprint density at radius 3 is 2.24 bits per heavy atom. The molecule has 0 aliphatic carbocycles. The second kappa shape index (κ2) is 10.2. The molecular formula is C22H26N2O4S. The fraction of sp³-hybridized carbons (Fsp3) is 0.364. The summed E-state index contributed by atoms with van der Waals surface area (Å²) < 4.78 is 10.5. The van der Waals surface area contributed by atoms with E-state index < -0.39 is 0 Å². The highest BCUT2D eigenvalue weighted by Crippen LogP contribution is 2.23. The van der Waals surface area contributed by atoms with Crippen LogP contribution in [0.25, 0.3) is 0 Å². The molecule has 1 aliphatic rings. The van der Waals surface area contributed by atoms with Crippen molar-refractivity contribution in [1.29, 1.82) is 0 Å². The van der Waals surface area contributed by atoms with Crippen molar-refractivity contribution in [3.05, 3.63) is 59.7 Å². The van der Waals surface area contributed by atoms with Gasteiger partial charge in [0.25, 0.3) is 5.24 Å². The fourth-order valence-electron chi connectivity index (χ4n) is 3.22. The summed E-state index contributed by atoms with van der Waals surface area (Å²) in [6, 6.07) is 15.4. The molecule has 154 valence electrons. The average Bonchev–Trinajstić information content (AvgIpc) is 3.17. The first-order chi connectivity index (χ1) is 14.1. The molecule has 2 aromatic carbocycles. The highest BCUT2D eigenvalue weighted by molar-refractivity contribution is 8.13. The maximum Gasteiger partial charge on any atom is 0.281 e. The number of thioether (sulfide) groups is 1. The largest absolute Gasteiger partial charge is 0.497 e. The smallest absolute Gasteiger partial charge is 0.281 e. The second-order valence-electron chi connectivity index (χ2n) is 6.80. The predicted octanol–water partition coefficient (Wildman–Crippen LogP) is 3.66. The topological polar surface area (TPSA) is 67.9 Å². The Hall–Kier alpha value is -2.67. The van der Waals surface area contributed by atoms with E-state index in [0.717, 1.165) is 28.4 Å². The van der Waals surface area contributed by atoms with Crippen LogP contribution in [0.15, 0.2) is 48.5 Å². The first-order valence-electron chi connectivity index (χ1n) is 9.57. The summed E-state index contributed by atoms with van der Waals surface area (Å²) >= 11 is 1.31. The van der Waals surface area contributed by atoms with Crippen molar-refractivity contribution in [1.82, 2.24) is 10.2 Å². The predicted molar refractivity (Wildman–Crippen MR) is 115 cm³/mol. The number of nitrogens with one attached hydrogen (secondary N) is 1. The molecule has 2 amide bonds. The molecule has 1 saturated heterocycles. The second-order valence-corrected chi connectivity index (χ2v) is 7.84. The van der Waals surface area contributed by atoms with Gasteiger partial charge in [-0.25, -0.2) is 0 Å². The van der Waals surface area contributed by atoms with Gasteiger partial charge < -0.3 is 19.7 Å². The highest BCUT2D eigenvalue weighted by atomic mass is 32.2. The molecule has 7 heteroatoms. The molecule has 0 radical (unpaired) electrons. The number of methoxy groups -OCH3 is 2. The number of carbonyl (C=O) groups excluding carboxylic acids is 2. The van der Waals surface area contributed by atoms with E-state index in [0.29, 0.717) is 25.9 Å². The SMILES string of the molecule is COc1ccc(C[C@@H](NC(=O)CCN2CCSC2=O)c2ccc(OC)cc2)cc1. The molecule has 2 aromatic rings. The molecule has 1 N–H and O–H groups in total. The zero-order valence-electron chi connectivity index (χ0n) is 16.7. The van der Waals surface area contributed by atoms with Crippen molar-refractivity contribution >= 4 is 22.9 Å². The zero-order valence-corrected chi connectivity index (χ0v) is 17.5. The van der Waals surface area contributed by atoms with Gasteiger partial charge in [0.05, 0.1) is 20.3 Å². The lowest BCUT2D eigenvalue weighted by Crippen LogP contribution is -2.34. The molecule has 0 unspecified atom stereocenters. The van der Waals surface area contributed by atoms with Crippen molar-refractivity contribution in [2.75, 3.05) is 33.1 Å². The molecule has 1 aliphatic heterocycles. The van der Waals surface area contributed by atoms with E-state index >= 15 is 0 Å². The van der Waals surface area contributed by atoms with Crippen LogP contribution in [0.3, 0.4) is 0 Å². The summed E-state index contributed by atoms with van der Waals surface area (Å²) in [6.07, 6.45) is 0.947. The molecule has 0 aromatic heterocycles. The van der Waals surface area contributed by atoms with Crippen LogP contribution >= 0.6 is 11.8 Å². The number of nitrogens with zero attached hydrogens (tertiary/aromatic N) is 1. The number of rotatable bonds is 9. The average molecular weight is 415 g/mol. The van der Waals surface area contributed by atoms with Gasteiger partial charge in [-0.05, 0) is 41.8 Å². The Bertz CT molecular complexity index is 824. The number of hydrogen-bond donors (Lipinski definition) is 1. The molecule has 0 spiro atoms. The lowest BCUT2D eigenvalue weighted by Gasteiger charge is -2.21. The summed E-state index contributed by atoms with van der Waals surface area (Å²) in [5, 5.41) is 3.19. The van der Waals surface area contributed by atoms with Gasteiger partial charge in [-0.3, -0.25) is 9.59 Å². The van der Waals surface area contributed by atoms with Crippen molar-refractivity contribution in [2.24, 2.45) is 0 Å². The van der Waals surface area contributed by atoms with Crippen molar-refractivity contribution in [3.63, 3.8) is 0 Å². The van der Waals surface area contributed by atoms with E-state index in [9.17, 15) is 9.59 Å². The molecular weight excluding hydrogens is 388 g/mol. The Morgan fingerprint density at radius 2 is 1.69 bits per heavy atom. The van der Waals surface area contributed by atoms with E-state index in [-0.39, 0.29) is 17.2 Å². The Labute approximate surface area is 175 Å². The van der Waals surface area contributed by atoms with Gasteiger partial charge >= 0.3 is 0 Å². The van der Waals surface area contributed by atoms with Gasteiger partial charge in [-0.1, -0.05) is 36.0 Å². The Balaban J connectivity index is 1.68. The van der Waals surface area contributed by atoms with E-state index in [2.05, 4.69) is 5.32 Å². The van der Waals surface area contributed by atoms with Crippen molar-refractivity contribution in [3.8, 4) is 11.5 Å². The number of carbonyl (C=O) groups is 2. The summed E-state index contributed by atoms with van der Waals surface area (Å²) in [4.78, 5) is 26.1. The van der Waals surface area contributed by atoms with E-state index in [1.807, 2.05) is 48.5 Å². The third-order valence-electron chi connectivity index (χ3n) is 4.91. The summed E-state index contributed by atoms with van der Waals surface area (Å²) in [5.41, 5.74) is 2.10. The maximum absolute atomic E-state index is 12.6. The van der Waals surface area contributed by atoms with Gasteiger partial charge in [0.2, 0.25) is 5.91 Å². The minimum absolute atomic E-state index is 0.0581. The standard InChI is InChI=1S/C22H26N2O4S/c1-27-18-7-3-16(4-8-18)15-20(17-5-9-19(28-2)10-6-17)23-21(25)11-12-24-13-14-29-22(24)26/h3-10,20H,11-15H2,1-2H3,(H,23,25)/t20-/m1/s1.